The fourth-order valence-electron chi connectivity index (χ4n) is 2.58. The second-order valence-electron chi connectivity index (χ2n) is 5.95. The molecule has 8 heteroatoms. The number of amides is 2. The summed E-state index contributed by atoms with van der Waals surface area (Å²) in [6.45, 7) is -2.94. The maximum atomic E-state index is 12.5. The number of ether oxygens (including phenoxy) is 1. The van der Waals surface area contributed by atoms with Crippen molar-refractivity contribution in [1.82, 2.24) is 10.3 Å². The Morgan fingerprint density at radius 2 is 1.76 bits per heavy atom. The van der Waals surface area contributed by atoms with Crippen LogP contribution in [0.15, 0.2) is 73.1 Å². The molecular weight excluding hydrogens is 380 g/mol. The third kappa shape index (κ3) is 5.58. The lowest BCUT2D eigenvalue weighted by molar-refractivity contribution is -0.0504. The zero-order chi connectivity index (χ0) is 20.6. The van der Waals surface area contributed by atoms with Crippen LogP contribution in [-0.4, -0.2) is 23.4 Å². The van der Waals surface area contributed by atoms with Gasteiger partial charge in [-0.1, -0.05) is 24.3 Å². The molecule has 3 rings (SSSR count). The molecule has 0 aliphatic rings. The minimum Gasteiger partial charge on any atom is -0.434 e. The number of alkyl halides is 2. The lowest BCUT2D eigenvalue weighted by Crippen LogP contribution is -2.23. The molecule has 0 unspecified atom stereocenters. The van der Waals surface area contributed by atoms with Crippen molar-refractivity contribution in [3.8, 4) is 5.75 Å². The van der Waals surface area contributed by atoms with Gasteiger partial charge in [0, 0.05) is 35.8 Å². The molecule has 0 aliphatic heterocycles. The Kier molecular flexibility index (Phi) is 6.47. The molecule has 2 amide bonds. The van der Waals surface area contributed by atoms with Gasteiger partial charge in [-0.15, -0.1) is 0 Å². The van der Waals surface area contributed by atoms with Gasteiger partial charge in [0.15, 0.2) is 0 Å². The number of aromatic nitrogens is 1. The summed E-state index contributed by atoms with van der Waals surface area (Å²) in [6, 6.07) is 15.9. The number of nitrogens with one attached hydrogen (secondary N) is 2. The van der Waals surface area contributed by atoms with Crippen LogP contribution >= 0.6 is 0 Å². The van der Waals surface area contributed by atoms with Crippen LogP contribution in [0.2, 0.25) is 0 Å². The van der Waals surface area contributed by atoms with Gasteiger partial charge in [0.1, 0.15) is 5.75 Å². The van der Waals surface area contributed by atoms with Gasteiger partial charge in [0.2, 0.25) is 0 Å². The summed E-state index contributed by atoms with van der Waals surface area (Å²) in [5.41, 5.74) is 1.55. The van der Waals surface area contributed by atoms with Crippen LogP contribution in [0, 0.1) is 0 Å². The monoisotopic (exact) mass is 397 g/mol. The van der Waals surface area contributed by atoms with Crippen LogP contribution in [0.4, 0.5) is 14.5 Å². The largest absolute Gasteiger partial charge is 0.434 e. The smallest absolute Gasteiger partial charge is 0.387 e. The molecule has 0 bridgehead atoms. The average molecular weight is 397 g/mol. The maximum Gasteiger partial charge on any atom is 0.387 e. The second-order valence-corrected chi connectivity index (χ2v) is 5.95. The van der Waals surface area contributed by atoms with Crippen molar-refractivity contribution in [3.05, 3.63) is 89.7 Å². The molecule has 148 valence electrons. The lowest BCUT2D eigenvalue weighted by Gasteiger charge is -2.12. The summed E-state index contributed by atoms with van der Waals surface area (Å²) in [7, 11) is 0. The van der Waals surface area contributed by atoms with E-state index in [-0.39, 0.29) is 18.2 Å². The van der Waals surface area contributed by atoms with E-state index in [0.717, 1.165) is 0 Å². The molecule has 0 atom stereocenters. The van der Waals surface area contributed by atoms with E-state index in [1.807, 2.05) is 0 Å². The number of carbonyl (C=O) groups excluding carboxylic acids is 2. The first kappa shape index (κ1) is 19.9. The van der Waals surface area contributed by atoms with Crippen molar-refractivity contribution in [2.24, 2.45) is 0 Å². The van der Waals surface area contributed by atoms with Gasteiger partial charge in [0.25, 0.3) is 11.8 Å². The molecule has 29 heavy (non-hydrogen) atoms. The number of benzene rings is 2. The Bertz CT molecular complexity index is 997. The predicted molar refractivity (Wildman–Crippen MR) is 103 cm³/mol. The number of halogens is 2. The zero-order valence-corrected chi connectivity index (χ0v) is 15.1. The van der Waals surface area contributed by atoms with Gasteiger partial charge in [-0.05, 0) is 36.4 Å². The highest BCUT2D eigenvalue weighted by Gasteiger charge is 2.12. The highest BCUT2D eigenvalue weighted by Crippen LogP contribution is 2.20. The molecule has 0 aliphatic carbocycles. The number of para-hydroxylation sites is 1. The van der Waals surface area contributed by atoms with Crippen LogP contribution in [-0.2, 0) is 6.54 Å². The van der Waals surface area contributed by atoms with Gasteiger partial charge >= 0.3 is 6.61 Å². The Morgan fingerprint density at radius 1 is 0.966 bits per heavy atom. The summed E-state index contributed by atoms with van der Waals surface area (Å²) in [6.07, 6.45) is 3.00. The summed E-state index contributed by atoms with van der Waals surface area (Å²) >= 11 is 0. The van der Waals surface area contributed by atoms with E-state index in [2.05, 4.69) is 20.4 Å². The SMILES string of the molecule is O=C(NCc1ccccc1OC(F)F)c1cccc(NC(=O)c2cccnc2)c1. The zero-order valence-electron chi connectivity index (χ0n) is 15.1. The second kappa shape index (κ2) is 9.41. The fraction of sp³-hybridized carbons (Fsp3) is 0.0952. The Morgan fingerprint density at radius 3 is 2.52 bits per heavy atom. The first-order valence-corrected chi connectivity index (χ1v) is 8.65. The summed E-state index contributed by atoms with van der Waals surface area (Å²) in [5.74, 6) is -0.775. The summed E-state index contributed by atoms with van der Waals surface area (Å²) in [4.78, 5) is 28.5. The maximum absolute atomic E-state index is 12.5. The third-order valence-corrected chi connectivity index (χ3v) is 3.93. The van der Waals surface area contributed by atoms with Crippen molar-refractivity contribution < 1.29 is 23.1 Å². The molecule has 1 heterocycles. The molecule has 0 saturated carbocycles. The Balaban J connectivity index is 1.65. The average Bonchev–Trinajstić information content (AvgIpc) is 2.73. The van der Waals surface area contributed by atoms with Crippen molar-refractivity contribution in [2.45, 2.75) is 13.2 Å². The molecule has 0 saturated heterocycles. The van der Waals surface area contributed by atoms with E-state index >= 15 is 0 Å². The van der Waals surface area contributed by atoms with E-state index in [0.29, 0.717) is 22.4 Å². The number of anilines is 1. The highest BCUT2D eigenvalue weighted by atomic mass is 19.3. The summed E-state index contributed by atoms with van der Waals surface area (Å²) < 4.78 is 29.4. The molecule has 6 nitrogen and oxygen atoms in total. The topological polar surface area (TPSA) is 80.3 Å². The highest BCUT2D eigenvalue weighted by molar-refractivity contribution is 6.04. The van der Waals surface area contributed by atoms with E-state index in [4.69, 9.17) is 0 Å². The number of pyridine rings is 1. The lowest BCUT2D eigenvalue weighted by atomic mass is 10.1. The number of hydrogen-bond acceptors (Lipinski definition) is 4. The molecule has 3 aromatic rings. The van der Waals surface area contributed by atoms with Gasteiger partial charge in [-0.2, -0.15) is 8.78 Å². The Hall–Kier alpha value is -3.81. The van der Waals surface area contributed by atoms with Crippen LogP contribution in [0.3, 0.4) is 0 Å². The van der Waals surface area contributed by atoms with Crippen LogP contribution in [0.1, 0.15) is 26.3 Å². The third-order valence-electron chi connectivity index (χ3n) is 3.93. The van der Waals surface area contributed by atoms with Crippen molar-refractivity contribution in [1.29, 1.82) is 0 Å². The van der Waals surface area contributed by atoms with Gasteiger partial charge < -0.3 is 15.4 Å². The standard InChI is InChI=1S/C21H17F2N3O3/c22-21(23)29-18-9-2-1-5-15(18)13-25-19(27)14-6-3-8-17(11-14)26-20(28)16-7-4-10-24-12-16/h1-12,21H,13H2,(H,25,27)(H,26,28). The molecule has 0 radical (unpaired) electrons. The first-order chi connectivity index (χ1) is 14.0. The normalized spacial score (nSPS) is 10.4. The van der Waals surface area contributed by atoms with Gasteiger partial charge in [-0.25, -0.2) is 0 Å². The minimum absolute atomic E-state index is 0.000264. The van der Waals surface area contributed by atoms with E-state index in [1.54, 1.807) is 54.7 Å². The number of rotatable bonds is 7. The van der Waals surface area contributed by atoms with E-state index in [9.17, 15) is 18.4 Å². The molecule has 2 N–H and O–H groups in total. The molecular formula is C21H17F2N3O3. The van der Waals surface area contributed by atoms with Crippen molar-refractivity contribution in [2.75, 3.05) is 5.32 Å². The van der Waals surface area contributed by atoms with Crippen molar-refractivity contribution >= 4 is 17.5 Å². The minimum atomic E-state index is -2.95. The number of carbonyl (C=O) groups is 2. The Labute approximate surface area is 165 Å². The van der Waals surface area contributed by atoms with Crippen LogP contribution in [0.5, 0.6) is 5.75 Å². The fourth-order valence-corrected chi connectivity index (χ4v) is 2.58. The van der Waals surface area contributed by atoms with Crippen LogP contribution in [0.25, 0.3) is 0 Å². The quantitative estimate of drug-likeness (QED) is 0.634. The van der Waals surface area contributed by atoms with Gasteiger partial charge in [-0.3, -0.25) is 14.6 Å². The molecule has 0 spiro atoms. The van der Waals surface area contributed by atoms with Crippen LogP contribution < -0.4 is 15.4 Å². The first-order valence-electron chi connectivity index (χ1n) is 8.65. The molecule has 1 aromatic heterocycles. The van der Waals surface area contributed by atoms with Gasteiger partial charge in [0.05, 0.1) is 5.56 Å². The number of hydrogen-bond donors (Lipinski definition) is 2. The van der Waals surface area contributed by atoms with Crippen molar-refractivity contribution in [3.63, 3.8) is 0 Å². The number of nitrogens with zero attached hydrogens (tertiary/aromatic N) is 1. The summed E-state index contributed by atoms with van der Waals surface area (Å²) in [5, 5.41) is 5.35. The molecule has 0 fully saturated rings. The van der Waals surface area contributed by atoms with E-state index in [1.165, 1.54) is 18.3 Å². The molecule has 2 aromatic carbocycles. The predicted octanol–water partition coefficient (Wildman–Crippen LogP) is 3.87. The van der Waals surface area contributed by atoms with E-state index < -0.39 is 12.5 Å².